The quantitative estimate of drug-likeness (QED) is 0.516. The second-order valence-electron chi connectivity index (χ2n) is 6.19. The molecular weight excluding hydrogens is 393 g/mol. The minimum absolute atomic E-state index is 0.0979. The van der Waals surface area contributed by atoms with Gasteiger partial charge < -0.3 is 24.7 Å². The molecule has 0 aliphatic carbocycles. The van der Waals surface area contributed by atoms with Crippen LogP contribution in [0.5, 0.6) is 11.5 Å². The van der Waals surface area contributed by atoms with Gasteiger partial charge in [0.2, 0.25) is 0 Å². The molecule has 1 unspecified atom stereocenters. The average Bonchev–Trinajstić information content (AvgIpc) is 2.75. The van der Waals surface area contributed by atoms with Gasteiger partial charge in [-0.15, -0.1) is 0 Å². The van der Waals surface area contributed by atoms with Crippen LogP contribution in [0, 0.1) is 5.82 Å². The van der Waals surface area contributed by atoms with Gasteiger partial charge >= 0.3 is 5.97 Å². The van der Waals surface area contributed by atoms with Crippen molar-refractivity contribution in [3.05, 3.63) is 66.1 Å². The number of aromatic carboxylic acids is 1. The van der Waals surface area contributed by atoms with E-state index in [9.17, 15) is 19.1 Å². The third kappa shape index (κ3) is 5.36. The van der Waals surface area contributed by atoms with E-state index in [1.165, 1.54) is 37.4 Å². The van der Waals surface area contributed by atoms with Crippen LogP contribution in [0.3, 0.4) is 0 Å². The van der Waals surface area contributed by atoms with Crippen LogP contribution in [0.15, 0.2) is 54.6 Å². The highest BCUT2D eigenvalue weighted by atomic mass is 19.1. The van der Waals surface area contributed by atoms with Gasteiger partial charge in [0.1, 0.15) is 35.5 Å². The fraction of sp³-hybridized carbons (Fsp3) is 0.143. The number of carboxylic acid groups (broad SMARTS) is 1. The van der Waals surface area contributed by atoms with Crippen molar-refractivity contribution < 1.29 is 28.6 Å². The van der Waals surface area contributed by atoms with Crippen LogP contribution in [-0.4, -0.2) is 47.1 Å². The van der Waals surface area contributed by atoms with Crippen LogP contribution in [0.25, 0.3) is 11.4 Å². The van der Waals surface area contributed by atoms with E-state index in [1.807, 2.05) is 0 Å². The number of nitrogens with zero attached hydrogens (tertiary/aromatic N) is 2. The first-order chi connectivity index (χ1) is 14.5. The monoisotopic (exact) mass is 411 g/mol. The first-order valence-electron chi connectivity index (χ1n) is 8.85. The van der Waals surface area contributed by atoms with Crippen molar-refractivity contribution in [3.63, 3.8) is 0 Å². The molecule has 0 radical (unpaired) electrons. The zero-order chi connectivity index (χ0) is 21.5. The molecule has 1 heterocycles. The number of ether oxygens (including phenoxy) is 2. The Bertz CT molecular complexity index is 1030. The zero-order valence-electron chi connectivity index (χ0n) is 15.9. The van der Waals surface area contributed by atoms with E-state index in [0.717, 1.165) is 0 Å². The Morgan fingerprint density at radius 2 is 1.77 bits per heavy atom. The molecule has 3 aromatic rings. The van der Waals surface area contributed by atoms with Gasteiger partial charge in [0.25, 0.3) is 0 Å². The number of halogens is 1. The topological polar surface area (TPSA) is 111 Å². The number of methoxy groups -OCH3 is 1. The third-order valence-electron chi connectivity index (χ3n) is 3.95. The summed E-state index contributed by atoms with van der Waals surface area (Å²) in [6.07, 6.45) is 0.646. The van der Waals surface area contributed by atoms with E-state index in [1.54, 1.807) is 24.3 Å². The van der Waals surface area contributed by atoms with E-state index < -0.39 is 12.0 Å². The maximum atomic E-state index is 13.0. The summed E-state index contributed by atoms with van der Waals surface area (Å²) in [5.41, 5.74) is 0.318. The number of hydrogen-bond donors (Lipinski definition) is 2. The molecule has 30 heavy (non-hydrogen) atoms. The number of carbonyl (C=O) groups excluding carboxylic acids is 1. The Morgan fingerprint density at radius 1 is 1.13 bits per heavy atom. The van der Waals surface area contributed by atoms with Crippen molar-refractivity contribution in [2.24, 2.45) is 0 Å². The summed E-state index contributed by atoms with van der Waals surface area (Å²) in [6.45, 7) is 0.0979. The Kier molecular flexibility index (Phi) is 6.66. The lowest BCUT2D eigenvalue weighted by Gasteiger charge is -2.13. The van der Waals surface area contributed by atoms with Crippen molar-refractivity contribution in [2.45, 2.75) is 6.04 Å². The fourth-order valence-corrected chi connectivity index (χ4v) is 2.56. The molecule has 0 aliphatic heterocycles. The van der Waals surface area contributed by atoms with E-state index in [2.05, 4.69) is 15.3 Å². The molecule has 1 atom stereocenters. The lowest BCUT2D eigenvalue weighted by atomic mass is 10.2. The Labute approximate surface area is 171 Å². The highest BCUT2D eigenvalue weighted by Gasteiger charge is 2.15. The number of aldehydes is 1. The SMILES string of the molecule is COCC(C=O)Nc1cc(C(=O)O)nc(-c2ccc(Oc3ccc(F)cc3)cc2)n1. The van der Waals surface area contributed by atoms with Gasteiger partial charge in [0.15, 0.2) is 11.5 Å². The number of carbonyl (C=O) groups is 2. The van der Waals surface area contributed by atoms with Gasteiger partial charge in [-0.2, -0.15) is 0 Å². The van der Waals surface area contributed by atoms with Crippen LogP contribution in [0.1, 0.15) is 10.5 Å². The van der Waals surface area contributed by atoms with Crippen LogP contribution in [0.4, 0.5) is 10.2 Å². The van der Waals surface area contributed by atoms with E-state index >= 15 is 0 Å². The van der Waals surface area contributed by atoms with E-state index in [0.29, 0.717) is 23.3 Å². The molecule has 154 valence electrons. The van der Waals surface area contributed by atoms with Gasteiger partial charge in [0, 0.05) is 18.7 Å². The molecule has 3 rings (SSSR count). The Morgan fingerprint density at radius 3 is 2.33 bits per heavy atom. The first-order valence-corrected chi connectivity index (χ1v) is 8.85. The van der Waals surface area contributed by atoms with Crippen molar-refractivity contribution in [1.82, 2.24) is 9.97 Å². The van der Waals surface area contributed by atoms with Crippen LogP contribution < -0.4 is 10.1 Å². The molecule has 1 aromatic heterocycles. The summed E-state index contributed by atoms with van der Waals surface area (Å²) < 4.78 is 23.6. The maximum Gasteiger partial charge on any atom is 0.354 e. The van der Waals surface area contributed by atoms with Gasteiger partial charge in [-0.1, -0.05) is 0 Å². The van der Waals surface area contributed by atoms with Crippen molar-refractivity contribution >= 4 is 18.1 Å². The second-order valence-corrected chi connectivity index (χ2v) is 6.19. The number of nitrogens with one attached hydrogen (secondary N) is 1. The lowest BCUT2D eigenvalue weighted by molar-refractivity contribution is -0.109. The minimum atomic E-state index is -1.23. The van der Waals surface area contributed by atoms with Gasteiger partial charge in [0.05, 0.1) is 6.61 Å². The van der Waals surface area contributed by atoms with Crippen molar-refractivity contribution in [2.75, 3.05) is 19.0 Å². The molecule has 0 spiro atoms. The summed E-state index contributed by atoms with van der Waals surface area (Å²) in [7, 11) is 1.45. The van der Waals surface area contributed by atoms with Crippen LogP contribution in [-0.2, 0) is 9.53 Å². The molecule has 0 amide bonds. The predicted octanol–water partition coefficient (Wildman–Crippen LogP) is 3.40. The third-order valence-corrected chi connectivity index (χ3v) is 3.95. The summed E-state index contributed by atoms with van der Waals surface area (Å²) in [5, 5.41) is 12.2. The summed E-state index contributed by atoms with van der Waals surface area (Å²) >= 11 is 0. The molecule has 2 aromatic carbocycles. The largest absolute Gasteiger partial charge is 0.477 e. The molecule has 9 heteroatoms. The molecule has 0 fully saturated rings. The van der Waals surface area contributed by atoms with Gasteiger partial charge in [-0.25, -0.2) is 19.2 Å². The standard InChI is InChI=1S/C21H18FN3O5/c1-29-12-15(11-26)23-19-10-18(21(27)28)24-20(25-19)13-2-6-16(7-3-13)30-17-8-4-14(22)5-9-17/h2-11,15H,12H2,1H3,(H,27,28)(H,23,24,25). The average molecular weight is 411 g/mol. The van der Waals surface area contributed by atoms with Crippen molar-refractivity contribution in [3.8, 4) is 22.9 Å². The fourth-order valence-electron chi connectivity index (χ4n) is 2.56. The van der Waals surface area contributed by atoms with Crippen molar-refractivity contribution in [1.29, 1.82) is 0 Å². The van der Waals surface area contributed by atoms with Gasteiger partial charge in [-0.05, 0) is 48.5 Å². The summed E-state index contributed by atoms with van der Waals surface area (Å²) in [6, 6.07) is 12.8. The van der Waals surface area contributed by atoms with Crippen LogP contribution >= 0.6 is 0 Å². The molecule has 8 nitrogen and oxygen atoms in total. The number of rotatable bonds is 9. The van der Waals surface area contributed by atoms with E-state index in [4.69, 9.17) is 9.47 Å². The smallest absolute Gasteiger partial charge is 0.354 e. The molecule has 0 bridgehead atoms. The molecule has 2 N–H and O–H groups in total. The number of carboxylic acids is 1. The van der Waals surface area contributed by atoms with E-state index in [-0.39, 0.29) is 29.8 Å². The highest BCUT2D eigenvalue weighted by molar-refractivity contribution is 5.87. The second kappa shape index (κ2) is 9.57. The number of benzene rings is 2. The predicted molar refractivity (Wildman–Crippen MR) is 106 cm³/mol. The Hall–Kier alpha value is -3.85. The van der Waals surface area contributed by atoms with Gasteiger partial charge in [-0.3, -0.25) is 0 Å². The number of anilines is 1. The highest BCUT2D eigenvalue weighted by Crippen LogP contribution is 2.25. The summed E-state index contributed by atoms with van der Waals surface area (Å²) in [5.74, 6) is -0.282. The number of aromatic nitrogens is 2. The number of hydrogen-bond acceptors (Lipinski definition) is 7. The molecular formula is C21H18FN3O5. The molecule has 0 saturated heterocycles. The minimum Gasteiger partial charge on any atom is -0.477 e. The van der Waals surface area contributed by atoms with Crippen LogP contribution in [0.2, 0.25) is 0 Å². The lowest BCUT2D eigenvalue weighted by Crippen LogP contribution is -2.27. The zero-order valence-corrected chi connectivity index (χ0v) is 15.9. The first kappa shape index (κ1) is 20.9. The summed E-state index contributed by atoms with van der Waals surface area (Å²) in [4.78, 5) is 30.9. The Balaban J connectivity index is 1.85. The maximum absolute atomic E-state index is 13.0. The molecule has 0 saturated carbocycles. The normalized spacial score (nSPS) is 11.5. The molecule has 0 aliphatic rings.